The van der Waals surface area contributed by atoms with Crippen LogP contribution < -0.4 is 5.32 Å². The molecule has 27 heavy (non-hydrogen) atoms. The van der Waals surface area contributed by atoms with Crippen LogP contribution >= 0.6 is 0 Å². The molecule has 0 saturated heterocycles. The van der Waals surface area contributed by atoms with Crippen molar-refractivity contribution in [2.45, 2.75) is 26.4 Å². The lowest BCUT2D eigenvalue weighted by Gasteiger charge is -2.24. The molecule has 0 bridgehead atoms. The molecule has 0 unspecified atom stereocenters. The lowest BCUT2D eigenvalue weighted by molar-refractivity contribution is 0.0665. The van der Waals surface area contributed by atoms with Gasteiger partial charge in [-0.15, -0.1) is 0 Å². The summed E-state index contributed by atoms with van der Waals surface area (Å²) in [6.07, 6.45) is -1.23. The second kappa shape index (κ2) is 9.14. The molecular formula is C20H22FNO5. The van der Waals surface area contributed by atoms with Gasteiger partial charge in [-0.05, 0) is 61.2 Å². The van der Waals surface area contributed by atoms with E-state index >= 15 is 0 Å². The van der Waals surface area contributed by atoms with Gasteiger partial charge in [0.1, 0.15) is 6.10 Å². The number of aliphatic hydroxyl groups is 1. The van der Waals surface area contributed by atoms with Crippen molar-refractivity contribution in [3.05, 3.63) is 59.4 Å². The summed E-state index contributed by atoms with van der Waals surface area (Å²) in [6.45, 7) is 3.09. The number of anilines is 1. The van der Waals surface area contributed by atoms with Crippen LogP contribution in [0.15, 0.2) is 42.5 Å². The SMILES string of the molecule is CC(=O)c1ccc(NC(=O)O[C@H](c2ccc(O)c(F)c2)[C@H](C)CCO)cc1. The summed E-state index contributed by atoms with van der Waals surface area (Å²) >= 11 is 0. The molecule has 0 fully saturated rings. The number of carbonyl (C=O) groups is 2. The lowest BCUT2D eigenvalue weighted by Crippen LogP contribution is -2.22. The third-order valence-corrected chi connectivity index (χ3v) is 4.17. The van der Waals surface area contributed by atoms with Crippen LogP contribution in [0.5, 0.6) is 5.75 Å². The molecule has 0 heterocycles. The van der Waals surface area contributed by atoms with Gasteiger partial charge in [-0.25, -0.2) is 9.18 Å². The maximum absolute atomic E-state index is 13.7. The Morgan fingerprint density at radius 2 is 1.85 bits per heavy atom. The molecule has 0 saturated carbocycles. The van der Waals surface area contributed by atoms with Crippen LogP contribution in [-0.2, 0) is 4.74 Å². The Balaban J connectivity index is 2.14. The molecule has 2 rings (SSSR count). The van der Waals surface area contributed by atoms with E-state index in [9.17, 15) is 24.2 Å². The van der Waals surface area contributed by atoms with Crippen molar-refractivity contribution < 1.29 is 28.9 Å². The van der Waals surface area contributed by atoms with Crippen molar-refractivity contribution in [3.63, 3.8) is 0 Å². The number of Topliss-reactive ketones (excluding diaryl/α,β-unsaturated/α-hetero) is 1. The summed E-state index contributed by atoms with van der Waals surface area (Å²) in [6, 6.07) is 10.1. The van der Waals surface area contributed by atoms with Crippen molar-refractivity contribution in [2.75, 3.05) is 11.9 Å². The van der Waals surface area contributed by atoms with E-state index in [0.717, 1.165) is 6.07 Å². The first-order valence-electron chi connectivity index (χ1n) is 8.49. The molecule has 2 atom stereocenters. The number of ether oxygens (including phenoxy) is 1. The number of halogens is 1. The number of hydrogen-bond acceptors (Lipinski definition) is 5. The number of aliphatic hydroxyl groups excluding tert-OH is 1. The van der Waals surface area contributed by atoms with Crippen LogP contribution in [0.1, 0.15) is 42.3 Å². The monoisotopic (exact) mass is 375 g/mol. The number of aromatic hydroxyl groups is 1. The number of amides is 1. The Hall–Kier alpha value is -2.93. The molecule has 2 aromatic rings. The molecular weight excluding hydrogens is 353 g/mol. The van der Waals surface area contributed by atoms with Gasteiger partial charge in [0.25, 0.3) is 0 Å². The standard InChI is InChI=1S/C20H22FNO5/c1-12(9-10-23)19(15-5-8-18(25)17(21)11-15)27-20(26)22-16-6-3-14(4-7-16)13(2)24/h3-8,11-12,19,23,25H,9-10H2,1-2H3,(H,22,26)/t12-,19+/m1/s1. The second-order valence-corrected chi connectivity index (χ2v) is 6.28. The van der Waals surface area contributed by atoms with E-state index in [2.05, 4.69) is 5.32 Å². The molecule has 6 nitrogen and oxygen atoms in total. The Kier molecular flexibility index (Phi) is 6.90. The minimum absolute atomic E-state index is 0.0867. The number of ketones is 1. The maximum Gasteiger partial charge on any atom is 0.412 e. The van der Waals surface area contributed by atoms with Gasteiger partial charge in [0.15, 0.2) is 17.3 Å². The smallest absolute Gasteiger partial charge is 0.412 e. The highest BCUT2D eigenvalue weighted by Gasteiger charge is 2.24. The third-order valence-electron chi connectivity index (χ3n) is 4.17. The van der Waals surface area contributed by atoms with E-state index in [4.69, 9.17) is 4.74 Å². The fraction of sp³-hybridized carbons (Fsp3) is 0.300. The average molecular weight is 375 g/mol. The predicted molar refractivity (Wildman–Crippen MR) is 98.2 cm³/mol. The molecule has 1 amide bonds. The van der Waals surface area contributed by atoms with Gasteiger partial charge < -0.3 is 14.9 Å². The van der Waals surface area contributed by atoms with E-state index in [-0.39, 0.29) is 18.3 Å². The Labute approximate surface area is 156 Å². The van der Waals surface area contributed by atoms with Gasteiger partial charge in [0.2, 0.25) is 0 Å². The van der Waals surface area contributed by atoms with Crippen LogP contribution in [0, 0.1) is 11.7 Å². The van der Waals surface area contributed by atoms with Crippen molar-refractivity contribution in [1.82, 2.24) is 0 Å². The van der Waals surface area contributed by atoms with Crippen molar-refractivity contribution >= 4 is 17.6 Å². The van der Waals surface area contributed by atoms with Gasteiger partial charge in [0, 0.05) is 17.9 Å². The number of phenolic OH excluding ortho intramolecular Hbond substituents is 1. The van der Waals surface area contributed by atoms with E-state index in [1.807, 2.05) is 0 Å². The molecule has 3 N–H and O–H groups in total. The molecule has 0 aliphatic rings. The zero-order chi connectivity index (χ0) is 20.0. The molecule has 0 radical (unpaired) electrons. The molecule has 0 aliphatic carbocycles. The Morgan fingerprint density at radius 1 is 1.19 bits per heavy atom. The van der Waals surface area contributed by atoms with Crippen molar-refractivity contribution in [2.24, 2.45) is 5.92 Å². The molecule has 7 heteroatoms. The first-order chi connectivity index (χ1) is 12.8. The average Bonchev–Trinajstić information content (AvgIpc) is 2.62. The summed E-state index contributed by atoms with van der Waals surface area (Å²) < 4.78 is 19.1. The number of rotatable bonds is 7. The summed E-state index contributed by atoms with van der Waals surface area (Å²) in [5.41, 5.74) is 1.33. The molecule has 0 spiro atoms. The van der Waals surface area contributed by atoms with E-state index in [0.29, 0.717) is 23.2 Å². The Morgan fingerprint density at radius 3 is 2.41 bits per heavy atom. The van der Waals surface area contributed by atoms with Gasteiger partial charge in [-0.3, -0.25) is 10.1 Å². The lowest BCUT2D eigenvalue weighted by atomic mass is 9.94. The summed E-state index contributed by atoms with van der Waals surface area (Å²) in [5.74, 6) is -1.69. The summed E-state index contributed by atoms with van der Waals surface area (Å²) in [5, 5.41) is 21.1. The predicted octanol–water partition coefficient (Wildman–Crippen LogP) is 4.04. The van der Waals surface area contributed by atoms with Crippen LogP contribution in [-0.4, -0.2) is 28.7 Å². The number of phenols is 1. The highest BCUT2D eigenvalue weighted by molar-refractivity contribution is 5.94. The van der Waals surface area contributed by atoms with Crippen molar-refractivity contribution in [1.29, 1.82) is 0 Å². The fourth-order valence-electron chi connectivity index (χ4n) is 2.62. The van der Waals surface area contributed by atoms with Gasteiger partial charge >= 0.3 is 6.09 Å². The van der Waals surface area contributed by atoms with Crippen LogP contribution in [0.4, 0.5) is 14.9 Å². The minimum atomic E-state index is -0.822. The topological polar surface area (TPSA) is 95.9 Å². The van der Waals surface area contributed by atoms with E-state index in [1.54, 1.807) is 31.2 Å². The normalized spacial score (nSPS) is 12.9. The summed E-state index contributed by atoms with van der Waals surface area (Å²) in [4.78, 5) is 23.6. The largest absolute Gasteiger partial charge is 0.505 e. The second-order valence-electron chi connectivity index (χ2n) is 6.28. The zero-order valence-electron chi connectivity index (χ0n) is 15.1. The fourth-order valence-corrected chi connectivity index (χ4v) is 2.62. The van der Waals surface area contributed by atoms with Crippen LogP contribution in [0.2, 0.25) is 0 Å². The molecule has 2 aromatic carbocycles. The number of hydrogen-bond donors (Lipinski definition) is 3. The summed E-state index contributed by atoms with van der Waals surface area (Å²) in [7, 11) is 0. The number of nitrogens with one attached hydrogen (secondary N) is 1. The first kappa shape index (κ1) is 20.4. The Bertz CT molecular complexity index is 807. The van der Waals surface area contributed by atoms with Gasteiger partial charge in [-0.2, -0.15) is 0 Å². The number of benzene rings is 2. The maximum atomic E-state index is 13.7. The first-order valence-corrected chi connectivity index (χ1v) is 8.49. The van der Waals surface area contributed by atoms with Gasteiger partial charge in [-0.1, -0.05) is 13.0 Å². The molecule has 0 aromatic heterocycles. The number of carbonyl (C=O) groups excluding carboxylic acids is 2. The minimum Gasteiger partial charge on any atom is -0.505 e. The highest BCUT2D eigenvalue weighted by Crippen LogP contribution is 2.31. The molecule has 144 valence electrons. The molecule has 0 aliphatic heterocycles. The van der Waals surface area contributed by atoms with E-state index in [1.165, 1.54) is 19.1 Å². The van der Waals surface area contributed by atoms with Crippen molar-refractivity contribution in [3.8, 4) is 5.75 Å². The van der Waals surface area contributed by atoms with Gasteiger partial charge in [0.05, 0.1) is 0 Å². The third kappa shape index (κ3) is 5.52. The van der Waals surface area contributed by atoms with Crippen LogP contribution in [0.25, 0.3) is 0 Å². The zero-order valence-corrected chi connectivity index (χ0v) is 15.1. The quantitative estimate of drug-likeness (QED) is 0.635. The van der Waals surface area contributed by atoms with Crippen LogP contribution in [0.3, 0.4) is 0 Å². The van der Waals surface area contributed by atoms with E-state index < -0.39 is 23.8 Å². The highest BCUT2D eigenvalue weighted by atomic mass is 19.1.